The van der Waals surface area contributed by atoms with Crippen LogP contribution in [0.25, 0.3) is 0 Å². The van der Waals surface area contributed by atoms with E-state index in [0.29, 0.717) is 0 Å². The van der Waals surface area contributed by atoms with E-state index in [1.54, 1.807) is 7.11 Å². The average Bonchev–Trinajstić information content (AvgIpc) is 2.58. The number of hydrogen-bond acceptors (Lipinski definition) is 2. The van der Waals surface area contributed by atoms with Gasteiger partial charge in [0.2, 0.25) is 0 Å². The zero-order valence-electron chi connectivity index (χ0n) is 14.7. The topological polar surface area (TPSA) is 12.5 Å². The second-order valence-electron chi connectivity index (χ2n) is 6.21. The molecule has 0 spiro atoms. The molecule has 0 aliphatic rings. The zero-order chi connectivity index (χ0) is 17.1. The first-order chi connectivity index (χ1) is 11.6. The van der Waals surface area contributed by atoms with E-state index in [1.807, 2.05) is 6.07 Å². The Morgan fingerprint density at radius 2 is 1.08 bits per heavy atom. The minimum atomic E-state index is 0.870. The first-order valence-electron chi connectivity index (χ1n) is 8.16. The summed E-state index contributed by atoms with van der Waals surface area (Å²) >= 11 is 0. The molecule has 0 fully saturated rings. The van der Waals surface area contributed by atoms with E-state index >= 15 is 0 Å². The van der Waals surface area contributed by atoms with Crippen molar-refractivity contribution in [2.24, 2.45) is 0 Å². The summed E-state index contributed by atoms with van der Waals surface area (Å²) in [5.41, 5.74) is 7.05. The number of aryl methyl sites for hydroxylation is 3. The van der Waals surface area contributed by atoms with Crippen LogP contribution in [-0.2, 0) is 0 Å². The van der Waals surface area contributed by atoms with Gasteiger partial charge in [-0.25, -0.2) is 0 Å². The van der Waals surface area contributed by atoms with Crippen LogP contribution in [0.4, 0.5) is 17.1 Å². The quantitative estimate of drug-likeness (QED) is 0.577. The van der Waals surface area contributed by atoms with Gasteiger partial charge in [-0.1, -0.05) is 35.4 Å². The monoisotopic (exact) mass is 317 g/mol. The van der Waals surface area contributed by atoms with E-state index < -0.39 is 0 Å². The number of ether oxygens (including phenoxy) is 1. The molecule has 0 aromatic heterocycles. The highest BCUT2D eigenvalue weighted by Gasteiger charge is 2.13. The predicted octanol–water partition coefficient (Wildman–Crippen LogP) is 6.09. The number of methoxy groups -OCH3 is 1. The van der Waals surface area contributed by atoms with Crippen LogP contribution in [0.15, 0.2) is 66.7 Å². The number of benzene rings is 3. The van der Waals surface area contributed by atoms with Gasteiger partial charge in [0.05, 0.1) is 12.8 Å². The van der Waals surface area contributed by atoms with Crippen LogP contribution in [0.1, 0.15) is 16.7 Å². The Hall–Kier alpha value is -2.74. The zero-order valence-corrected chi connectivity index (χ0v) is 14.7. The molecule has 122 valence electrons. The molecule has 0 amide bonds. The summed E-state index contributed by atoms with van der Waals surface area (Å²) in [6.45, 7) is 6.31. The van der Waals surface area contributed by atoms with Crippen molar-refractivity contribution < 1.29 is 4.74 Å². The third-order valence-corrected chi connectivity index (χ3v) is 4.11. The maximum Gasteiger partial charge on any atom is 0.121 e. The molecule has 0 atom stereocenters. The lowest BCUT2D eigenvalue weighted by Crippen LogP contribution is -2.10. The van der Waals surface area contributed by atoms with E-state index in [2.05, 4.69) is 86.3 Å². The van der Waals surface area contributed by atoms with Crippen molar-refractivity contribution >= 4 is 17.1 Å². The van der Waals surface area contributed by atoms with Crippen molar-refractivity contribution in [3.8, 4) is 5.75 Å². The van der Waals surface area contributed by atoms with Crippen molar-refractivity contribution in [1.82, 2.24) is 0 Å². The van der Waals surface area contributed by atoms with E-state index in [0.717, 1.165) is 22.8 Å². The minimum absolute atomic E-state index is 0.870. The molecular formula is C22H23NO. The summed E-state index contributed by atoms with van der Waals surface area (Å²) in [4.78, 5) is 2.26. The number of rotatable bonds is 4. The van der Waals surface area contributed by atoms with Gasteiger partial charge in [0.1, 0.15) is 5.75 Å². The molecule has 0 bridgehead atoms. The van der Waals surface area contributed by atoms with Crippen LogP contribution in [0.5, 0.6) is 5.75 Å². The highest BCUT2D eigenvalue weighted by atomic mass is 16.5. The fourth-order valence-electron chi connectivity index (χ4n) is 2.81. The van der Waals surface area contributed by atoms with Gasteiger partial charge in [0.15, 0.2) is 0 Å². The summed E-state index contributed by atoms with van der Waals surface area (Å²) in [6.07, 6.45) is 0. The first-order valence-corrected chi connectivity index (χ1v) is 8.16. The Morgan fingerprint density at radius 3 is 1.54 bits per heavy atom. The summed E-state index contributed by atoms with van der Waals surface area (Å²) in [6, 6.07) is 23.5. The van der Waals surface area contributed by atoms with Crippen LogP contribution < -0.4 is 9.64 Å². The summed E-state index contributed by atoms with van der Waals surface area (Å²) in [5.74, 6) is 0.870. The van der Waals surface area contributed by atoms with Crippen LogP contribution in [-0.4, -0.2) is 7.11 Å². The molecule has 0 heterocycles. The molecule has 0 radical (unpaired) electrons. The van der Waals surface area contributed by atoms with Crippen molar-refractivity contribution in [2.45, 2.75) is 20.8 Å². The van der Waals surface area contributed by atoms with Gasteiger partial charge in [-0.3, -0.25) is 0 Å². The van der Waals surface area contributed by atoms with E-state index in [1.165, 1.54) is 16.7 Å². The maximum absolute atomic E-state index is 5.47. The van der Waals surface area contributed by atoms with Crippen molar-refractivity contribution in [1.29, 1.82) is 0 Å². The Morgan fingerprint density at radius 1 is 0.583 bits per heavy atom. The Kier molecular flexibility index (Phi) is 4.57. The van der Waals surface area contributed by atoms with Crippen LogP contribution in [0.3, 0.4) is 0 Å². The predicted molar refractivity (Wildman–Crippen MR) is 102 cm³/mol. The largest absolute Gasteiger partial charge is 0.497 e. The van der Waals surface area contributed by atoms with Crippen LogP contribution >= 0.6 is 0 Å². The molecule has 0 aliphatic heterocycles. The van der Waals surface area contributed by atoms with Crippen LogP contribution in [0, 0.1) is 20.8 Å². The lowest BCUT2D eigenvalue weighted by molar-refractivity contribution is 0.414. The molecular weight excluding hydrogens is 294 g/mol. The van der Waals surface area contributed by atoms with Gasteiger partial charge in [-0.2, -0.15) is 0 Å². The van der Waals surface area contributed by atoms with Gasteiger partial charge >= 0.3 is 0 Å². The van der Waals surface area contributed by atoms with Crippen molar-refractivity contribution in [3.63, 3.8) is 0 Å². The molecule has 3 aromatic rings. The molecule has 3 aromatic carbocycles. The Labute approximate surface area is 144 Å². The van der Waals surface area contributed by atoms with Crippen LogP contribution in [0.2, 0.25) is 0 Å². The normalized spacial score (nSPS) is 10.5. The Bertz CT molecular complexity index is 774. The second kappa shape index (κ2) is 6.79. The summed E-state index contributed by atoms with van der Waals surface area (Å²) in [7, 11) is 1.71. The third-order valence-electron chi connectivity index (χ3n) is 4.11. The van der Waals surface area contributed by atoms with E-state index in [4.69, 9.17) is 4.74 Å². The van der Waals surface area contributed by atoms with E-state index in [9.17, 15) is 0 Å². The summed E-state index contributed by atoms with van der Waals surface area (Å²) in [5, 5.41) is 0. The highest BCUT2D eigenvalue weighted by Crippen LogP contribution is 2.36. The Balaban J connectivity index is 2.16. The lowest BCUT2D eigenvalue weighted by Gasteiger charge is -2.26. The number of hydrogen-bond donors (Lipinski definition) is 0. The smallest absolute Gasteiger partial charge is 0.121 e. The molecule has 0 saturated carbocycles. The SMILES string of the molecule is COc1cc(C)cc(N(c2ccc(C)cc2)c2ccc(C)cc2)c1. The summed E-state index contributed by atoms with van der Waals surface area (Å²) < 4.78 is 5.47. The second-order valence-corrected chi connectivity index (χ2v) is 6.21. The van der Waals surface area contributed by atoms with Crippen molar-refractivity contribution in [3.05, 3.63) is 83.4 Å². The minimum Gasteiger partial charge on any atom is -0.497 e. The molecule has 0 saturated heterocycles. The number of anilines is 3. The molecule has 0 aliphatic carbocycles. The molecule has 0 N–H and O–H groups in total. The lowest BCUT2D eigenvalue weighted by atomic mass is 10.1. The maximum atomic E-state index is 5.47. The standard InChI is InChI=1S/C22H23NO/c1-16-5-9-19(10-6-16)23(20-11-7-17(2)8-12-20)21-13-18(3)14-22(15-21)24-4/h5-15H,1-4H3. The highest BCUT2D eigenvalue weighted by molar-refractivity contribution is 5.77. The number of nitrogens with zero attached hydrogens (tertiary/aromatic N) is 1. The van der Waals surface area contributed by atoms with Gasteiger partial charge in [0, 0.05) is 17.4 Å². The van der Waals surface area contributed by atoms with E-state index in [-0.39, 0.29) is 0 Å². The molecule has 2 heteroatoms. The van der Waals surface area contributed by atoms with Gasteiger partial charge in [0.25, 0.3) is 0 Å². The average molecular weight is 317 g/mol. The fourth-order valence-corrected chi connectivity index (χ4v) is 2.81. The van der Waals surface area contributed by atoms with Gasteiger partial charge in [-0.15, -0.1) is 0 Å². The first kappa shape index (κ1) is 16.1. The van der Waals surface area contributed by atoms with Gasteiger partial charge < -0.3 is 9.64 Å². The molecule has 3 rings (SSSR count). The molecule has 2 nitrogen and oxygen atoms in total. The molecule has 24 heavy (non-hydrogen) atoms. The fraction of sp³-hybridized carbons (Fsp3) is 0.182. The third kappa shape index (κ3) is 3.43. The van der Waals surface area contributed by atoms with Gasteiger partial charge in [-0.05, 0) is 62.7 Å². The van der Waals surface area contributed by atoms with Crippen molar-refractivity contribution in [2.75, 3.05) is 12.0 Å². The molecule has 0 unspecified atom stereocenters.